The van der Waals surface area contributed by atoms with Crippen molar-refractivity contribution in [2.24, 2.45) is 0 Å². The largest absolute Gasteiger partial charge is 0.478 e. The zero-order valence-corrected chi connectivity index (χ0v) is 10.1. The van der Waals surface area contributed by atoms with E-state index in [4.69, 9.17) is 15.6 Å². The summed E-state index contributed by atoms with van der Waals surface area (Å²) in [5.74, 6) is -1.43. The Morgan fingerprint density at radius 3 is 2.78 bits per heavy atom. The summed E-state index contributed by atoms with van der Waals surface area (Å²) in [7, 11) is 0. The van der Waals surface area contributed by atoms with Crippen LogP contribution in [0, 0.1) is 0 Å². The van der Waals surface area contributed by atoms with Gasteiger partial charge in [-0.05, 0) is 25.1 Å². The van der Waals surface area contributed by atoms with Crippen LogP contribution in [-0.4, -0.2) is 30.2 Å². The third-order valence-electron chi connectivity index (χ3n) is 2.23. The lowest BCUT2D eigenvalue weighted by molar-refractivity contribution is -0.117. The first-order valence-corrected chi connectivity index (χ1v) is 5.55. The highest BCUT2D eigenvalue weighted by molar-refractivity contribution is 6.01. The lowest BCUT2D eigenvalue weighted by atomic mass is 10.1. The van der Waals surface area contributed by atoms with Crippen molar-refractivity contribution >= 4 is 23.3 Å². The molecule has 98 valence electrons. The van der Waals surface area contributed by atoms with Crippen molar-refractivity contribution in [3.63, 3.8) is 0 Å². The zero-order chi connectivity index (χ0) is 13.5. The summed E-state index contributed by atoms with van der Waals surface area (Å²) in [4.78, 5) is 22.5. The SMILES string of the molecule is CCOCCC(=O)Nc1ccc(N)cc1C(=O)O. The number of carbonyl (C=O) groups is 2. The monoisotopic (exact) mass is 252 g/mol. The molecule has 6 nitrogen and oxygen atoms in total. The lowest BCUT2D eigenvalue weighted by Gasteiger charge is -2.09. The molecular formula is C12H16N2O4. The first-order chi connectivity index (χ1) is 8.54. The number of carbonyl (C=O) groups excluding carboxylic acids is 1. The van der Waals surface area contributed by atoms with Crippen LogP contribution in [0.4, 0.5) is 11.4 Å². The third-order valence-corrected chi connectivity index (χ3v) is 2.23. The molecule has 1 amide bonds. The van der Waals surface area contributed by atoms with E-state index in [2.05, 4.69) is 5.32 Å². The van der Waals surface area contributed by atoms with Crippen molar-refractivity contribution in [2.75, 3.05) is 24.3 Å². The van der Waals surface area contributed by atoms with Gasteiger partial charge in [0, 0.05) is 12.3 Å². The van der Waals surface area contributed by atoms with Crippen LogP contribution in [0.15, 0.2) is 18.2 Å². The number of rotatable bonds is 6. The number of hydrogen-bond donors (Lipinski definition) is 3. The van der Waals surface area contributed by atoms with Crippen LogP contribution < -0.4 is 11.1 Å². The molecule has 1 rings (SSSR count). The van der Waals surface area contributed by atoms with Gasteiger partial charge in [-0.1, -0.05) is 0 Å². The Labute approximate surface area is 105 Å². The zero-order valence-electron chi connectivity index (χ0n) is 10.1. The molecule has 0 aromatic heterocycles. The average molecular weight is 252 g/mol. The van der Waals surface area contributed by atoms with Crippen LogP contribution in [0.3, 0.4) is 0 Å². The number of anilines is 2. The highest BCUT2D eigenvalue weighted by atomic mass is 16.5. The van der Waals surface area contributed by atoms with Gasteiger partial charge in [0.2, 0.25) is 5.91 Å². The van der Waals surface area contributed by atoms with Crippen molar-refractivity contribution in [3.05, 3.63) is 23.8 Å². The van der Waals surface area contributed by atoms with E-state index in [1.807, 2.05) is 6.92 Å². The normalized spacial score (nSPS) is 10.1. The van der Waals surface area contributed by atoms with Gasteiger partial charge in [0.15, 0.2) is 0 Å². The number of amides is 1. The van der Waals surface area contributed by atoms with E-state index in [0.717, 1.165) is 0 Å². The molecule has 4 N–H and O–H groups in total. The molecular weight excluding hydrogens is 236 g/mol. The van der Waals surface area contributed by atoms with E-state index in [-0.39, 0.29) is 23.6 Å². The lowest BCUT2D eigenvalue weighted by Crippen LogP contribution is -2.16. The molecule has 1 aromatic carbocycles. The Hall–Kier alpha value is -2.08. The maximum Gasteiger partial charge on any atom is 0.337 e. The molecule has 1 aromatic rings. The maximum atomic E-state index is 11.5. The number of benzene rings is 1. The summed E-state index contributed by atoms with van der Waals surface area (Å²) >= 11 is 0. The van der Waals surface area contributed by atoms with E-state index in [9.17, 15) is 9.59 Å². The second-order valence-corrected chi connectivity index (χ2v) is 3.61. The van der Waals surface area contributed by atoms with Crippen molar-refractivity contribution in [3.8, 4) is 0 Å². The molecule has 0 aliphatic heterocycles. The van der Waals surface area contributed by atoms with Crippen LogP contribution in [0.2, 0.25) is 0 Å². The summed E-state index contributed by atoms with van der Waals surface area (Å²) in [5, 5.41) is 11.5. The van der Waals surface area contributed by atoms with Gasteiger partial charge in [0.1, 0.15) is 0 Å². The van der Waals surface area contributed by atoms with E-state index < -0.39 is 5.97 Å². The van der Waals surface area contributed by atoms with Gasteiger partial charge < -0.3 is 20.9 Å². The number of aromatic carboxylic acids is 1. The number of carboxylic acids is 1. The molecule has 0 spiro atoms. The molecule has 0 fully saturated rings. The number of nitrogens with one attached hydrogen (secondary N) is 1. The fourth-order valence-corrected chi connectivity index (χ4v) is 1.37. The number of carboxylic acid groups (broad SMARTS) is 1. The van der Waals surface area contributed by atoms with Gasteiger partial charge in [-0.15, -0.1) is 0 Å². The maximum absolute atomic E-state index is 11.5. The molecule has 0 atom stereocenters. The minimum Gasteiger partial charge on any atom is -0.478 e. The molecule has 18 heavy (non-hydrogen) atoms. The number of nitrogens with two attached hydrogens (primary N) is 1. The van der Waals surface area contributed by atoms with E-state index >= 15 is 0 Å². The molecule has 0 saturated carbocycles. The highest BCUT2D eigenvalue weighted by Gasteiger charge is 2.12. The van der Waals surface area contributed by atoms with E-state index in [1.165, 1.54) is 18.2 Å². The van der Waals surface area contributed by atoms with Gasteiger partial charge >= 0.3 is 5.97 Å². The van der Waals surface area contributed by atoms with Crippen molar-refractivity contribution < 1.29 is 19.4 Å². The number of hydrogen-bond acceptors (Lipinski definition) is 4. The standard InChI is InChI=1S/C12H16N2O4/c1-2-18-6-5-11(15)14-10-4-3-8(13)7-9(10)12(16)17/h3-4,7H,2,5-6,13H2,1H3,(H,14,15)(H,16,17). The summed E-state index contributed by atoms with van der Waals surface area (Å²) in [6.45, 7) is 2.68. The summed E-state index contributed by atoms with van der Waals surface area (Å²) in [6.07, 6.45) is 0.178. The number of ether oxygens (including phenoxy) is 1. The van der Waals surface area contributed by atoms with Crippen LogP contribution in [-0.2, 0) is 9.53 Å². The first-order valence-electron chi connectivity index (χ1n) is 5.55. The predicted molar refractivity (Wildman–Crippen MR) is 67.6 cm³/mol. The van der Waals surface area contributed by atoms with Crippen LogP contribution in [0.5, 0.6) is 0 Å². The third kappa shape index (κ3) is 4.06. The van der Waals surface area contributed by atoms with E-state index in [0.29, 0.717) is 18.9 Å². The molecule has 0 aliphatic carbocycles. The minimum atomic E-state index is -1.14. The van der Waals surface area contributed by atoms with Gasteiger partial charge in [0.05, 0.1) is 24.3 Å². The van der Waals surface area contributed by atoms with E-state index in [1.54, 1.807) is 0 Å². The number of nitrogen functional groups attached to an aromatic ring is 1. The Balaban J connectivity index is 2.72. The molecule has 0 unspecified atom stereocenters. The molecule has 0 heterocycles. The average Bonchev–Trinajstić information content (AvgIpc) is 2.31. The molecule has 6 heteroatoms. The molecule has 0 bridgehead atoms. The first kappa shape index (κ1) is 14.0. The Kier molecular flexibility index (Phi) is 5.13. The van der Waals surface area contributed by atoms with Gasteiger partial charge in [0.25, 0.3) is 0 Å². The fraction of sp³-hybridized carbons (Fsp3) is 0.333. The summed E-state index contributed by atoms with van der Waals surface area (Å²) in [5.41, 5.74) is 6.04. The Bertz CT molecular complexity index is 446. The van der Waals surface area contributed by atoms with Crippen LogP contribution in [0.25, 0.3) is 0 Å². The Morgan fingerprint density at radius 1 is 1.44 bits per heavy atom. The van der Waals surface area contributed by atoms with Crippen molar-refractivity contribution in [1.82, 2.24) is 0 Å². The second kappa shape index (κ2) is 6.61. The molecule has 0 aliphatic rings. The molecule has 0 radical (unpaired) electrons. The van der Waals surface area contributed by atoms with Crippen LogP contribution >= 0.6 is 0 Å². The summed E-state index contributed by atoms with van der Waals surface area (Å²) < 4.78 is 5.04. The van der Waals surface area contributed by atoms with Gasteiger partial charge in [-0.3, -0.25) is 4.79 Å². The van der Waals surface area contributed by atoms with Gasteiger partial charge in [-0.25, -0.2) is 4.79 Å². The second-order valence-electron chi connectivity index (χ2n) is 3.61. The van der Waals surface area contributed by atoms with Crippen molar-refractivity contribution in [2.45, 2.75) is 13.3 Å². The smallest absolute Gasteiger partial charge is 0.337 e. The van der Waals surface area contributed by atoms with Crippen LogP contribution in [0.1, 0.15) is 23.7 Å². The quantitative estimate of drug-likeness (QED) is 0.523. The predicted octanol–water partition coefficient (Wildman–Crippen LogP) is 1.33. The summed E-state index contributed by atoms with van der Waals surface area (Å²) in [6, 6.07) is 4.31. The topological polar surface area (TPSA) is 102 Å². The minimum absolute atomic E-state index is 0.0280. The molecule has 0 saturated heterocycles. The Morgan fingerprint density at radius 2 is 2.17 bits per heavy atom. The highest BCUT2D eigenvalue weighted by Crippen LogP contribution is 2.19. The fourth-order valence-electron chi connectivity index (χ4n) is 1.37. The van der Waals surface area contributed by atoms with Crippen molar-refractivity contribution in [1.29, 1.82) is 0 Å². The van der Waals surface area contributed by atoms with Gasteiger partial charge in [-0.2, -0.15) is 0 Å².